The van der Waals surface area contributed by atoms with E-state index < -0.39 is 11.8 Å². The van der Waals surface area contributed by atoms with Crippen LogP contribution in [0, 0.1) is 0 Å². The van der Waals surface area contributed by atoms with E-state index in [0.717, 1.165) is 16.5 Å². The van der Waals surface area contributed by atoms with Crippen molar-refractivity contribution in [3.63, 3.8) is 0 Å². The summed E-state index contributed by atoms with van der Waals surface area (Å²) in [6, 6.07) is 20.1. The predicted molar refractivity (Wildman–Crippen MR) is 143 cm³/mol. The molecule has 0 saturated heterocycles. The number of rotatable bonds is 10. The highest BCUT2D eigenvalue weighted by molar-refractivity contribution is 6.05. The van der Waals surface area contributed by atoms with Crippen LogP contribution in [0.1, 0.15) is 21.5 Å². The summed E-state index contributed by atoms with van der Waals surface area (Å²) in [5.74, 6) is 0.479. The predicted octanol–water partition coefficient (Wildman–Crippen LogP) is 4.32. The number of carbonyl (C=O) groups is 2. The molecule has 0 aliphatic rings. The molecule has 0 unspecified atom stereocenters. The Kier molecular flexibility index (Phi) is 8.10. The molecule has 0 spiro atoms. The third-order valence-electron chi connectivity index (χ3n) is 5.88. The lowest BCUT2D eigenvalue weighted by Crippen LogP contribution is -2.35. The standard InChI is InChI=1S/C29H29N3O5/c1-35-25-16-19(17-26(36-2)27(25)37-3)15-24(32-28(33)20-9-5-4-6-10-20)29(34)30-14-13-21-18-31-23-12-8-7-11-22(21)23/h4-12,15-18,31H,13-14H2,1-3H3,(H,30,34)(H,32,33). The Labute approximate surface area is 215 Å². The fraction of sp³-hybridized carbons (Fsp3) is 0.172. The second-order valence-electron chi connectivity index (χ2n) is 8.20. The van der Waals surface area contributed by atoms with E-state index in [2.05, 4.69) is 15.6 Å². The lowest BCUT2D eigenvalue weighted by atomic mass is 10.1. The zero-order chi connectivity index (χ0) is 26.2. The number of para-hydroxylation sites is 1. The summed E-state index contributed by atoms with van der Waals surface area (Å²) < 4.78 is 16.2. The highest BCUT2D eigenvalue weighted by Crippen LogP contribution is 2.38. The molecule has 8 nitrogen and oxygen atoms in total. The molecule has 0 fully saturated rings. The summed E-state index contributed by atoms with van der Waals surface area (Å²) in [7, 11) is 4.54. The molecule has 0 aliphatic carbocycles. The van der Waals surface area contributed by atoms with Crippen molar-refractivity contribution in [3.8, 4) is 17.2 Å². The molecular weight excluding hydrogens is 470 g/mol. The number of H-pyrrole nitrogens is 1. The van der Waals surface area contributed by atoms with E-state index in [1.54, 1.807) is 42.5 Å². The third-order valence-corrected chi connectivity index (χ3v) is 5.88. The zero-order valence-electron chi connectivity index (χ0n) is 21.0. The van der Waals surface area contributed by atoms with E-state index in [0.29, 0.717) is 41.3 Å². The van der Waals surface area contributed by atoms with Crippen LogP contribution in [0.5, 0.6) is 17.2 Å². The highest BCUT2D eigenvalue weighted by atomic mass is 16.5. The first-order valence-corrected chi connectivity index (χ1v) is 11.7. The first-order valence-electron chi connectivity index (χ1n) is 11.7. The van der Waals surface area contributed by atoms with Gasteiger partial charge in [-0.1, -0.05) is 36.4 Å². The Bertz CT molecular complexity index is 1400. The molecule has 0 bridgehead atoms. The fourth-order valence-electron chi connectivity index (χ4n) is 4.04. The van der Waals surface area contributed by atoms with Gasteiger partial charge in [0.15, 0.2) is 11.5 Å². The summed E-state index contributed by atoms with van der Waals surface area (Å²) in [5.41, 5.74) is 3.25. The minimum Gasteiger partial charge on any atom is -0.493 e. The number of hydrogen-bond acceptors (Lipinski definition) is 5. The maximum atomic E-state index is 13.2. The molecule has 190 valence electrons. The molecule has 4 aromatic rings. The number of amides is 2. The van der Waals surface area contributed by atoms with Gasteiger partial charge in [0.05, 0.1) is 21.3 Å². The normalized spacial score (nSPS) is 11.2. The van der Waals surface area contributed by atoms with E-state index in [1.807, 2.05) is 36.5 Å². The summed E-state index contributed by atoms with van der Waals surface area (Å²) in [6.45, 7) is 0.383. The number of carbonyl (C=O) groups excluding carboxylic acids is 2. The molecule has 0 aliphatic heterocycles. The minimum atomic E-state index is -0.419. The van der Waals surface area contributed by atoms with Crippen LogP contribution in [0.15, 0.2) is 78.6 Å². The number of methoxy groups -OCH3 is 3. The van der Waals surface area contributed by atoms with Crippen LogP contribution in [0.3, 0.4) is 0 Å². The van der Waals surface area contributed by atoms with Crippen molar-refractivity contribution in [2.75, 3.05) is 27.9 Å². The lowest BCUT2D eigenvalue weighted by Gasteiger charge is -2.14. The van der Waals surface area contributed by atoms with E-state index in [1.165, 1.54) is 21.3 Å². The van der Waals surface area contributed by atoms with Crippen LogP contribution in [-0.2, 0) is 11.2 Å². The van der Waals surface area contributed by atoms with Gasteiger partial charge >= 0.3 is 0 Å². The topological polar surface area (TPSA) is 102 Å². The second kappa shape index (κ2) is 11.8. The van der Waals surface area contributed by atoms with Crippen LogP contribution in [0.4, 0.5) is 0 Å². The number of nitrogens with one attached hydrogen (secondary N) is 3. The van der Waals surface area contributed by atoms with Gasteiger partial charge in [0.25, 0.3) is 11.8 Å². The second-order valence-corrected chi connectivity index (χ2v) is 8.20. The Morgan fingerprint density at radius 3 is 2.24 bits per heavy atom. The quantitative estimate of drug-likeness (QED) is 0.282. The molecule has 2 amide bonds. The SMILES string of the molecule is COc1cc(C=C(NC(=O)c2ccccc2)C(=O)NCCc2c[nH]c3ccccc23)cc(OC)c1OC. The molecule has 0 atom stereocenters. The zero-order valence-corrected chi connectivity index (χ0v) is 21.0. The maximum Gasteiger partial charge on any atom is 0.267 e. The molecule has 1 aromatic heterocycles. The first kappa shape index (κ1) is 25.4. The van der Waals surface area contributed by atoms with Gasteiger partial charge in [0.2, 0.25) is 5.75 Å². The van der Waals surface area contributed by atoms with Crippen LogP contribution in [-0.4, -0.2) is 44.7 Å². The Hall–Kier alpha value is -4.72. The van der Waals surface area contributed by atoms with Crippen molar-refractivity contribution in [1.29, 1.82) is 0 Å². The van der Waals surface area contributed by atoms with Crippen molar-refractivity contribution < 1.29 is 23.8 Å². The van der Waals surface area contributed by atoms with Gasteiger partial charge in [-0.3, -0.25) is 9.59 Å². The Balaban J connectivity index is 1.59. The van der Waals surface area contributed by atoms with Gasteiger partial charge < -0.3 is 29.8 Å². The van der Waals surface area contributed by atoms with E-state index in [9.17, 15) is 9.59 Å². The highest BCUT2D eigenvalue weighted by Gasteiger charge is 2.17. The monoisotopic (exact) mass is 499 g/mol. The molecular formula is C29H29N3O5. The van der Waals surface area contributed by atoms with Gasteiger partial charge in [-0.15, -0.1) is 0 Å². The lowest BCUT2D eigenvalue weighted by molar-refractivity contribution is -0.117. The molecule has 8 heteroatoms. The molecule has 3 aromatic carbocycles. The van der Waals surface area contributed by atoms with Crippen LogP contribution in [0.25, 0.3) is 17.0 Å². The van der Waals surface area contributed by atoms with Gasteiger partial charge in [-0.05, 0) is 54.0 Å². The minimum absolute atomic E-state index is 0.0852. The van der Waals surface area contributed by atoms with E-state index in [4.69, 9.17) is 14.2 Å². The Morgan fingerprint density at radius 2 is 1.57 bits per heavy atom. The van der Waals surface area contributed by atoms with Crippen LogP contribution >= 0.6 is 0 Å². The third kappa shape index (κ3) is 5.92. The van der Waals surface area contributed by atoms with E-state index >= 15 is 0 Å². The molecule has 1 heterocycles. The molecule has 0 radical (unpaired) electrons. The van der Waals surface area contributed by atoms with Gasteiger partial charge in [-0.2, -0.15) is 0 Å². The number of aromatic amines is 1. The summed E-state index contributed by atoms with van der Waals surface area (Å²) in [6.07, 6.45) is 4.15. The van der Waals surface area contributed by atoms with E-state index in [-0.39, 0.29) is 5.70 Å². The number of benzene rings is 3. The largest absolute Gasteiger partial charge is 0.493 e. The summed E-state index contributed by atoms with van der Waals surface area (Å²) >= 11 is 0. The molecule has 3 N–H and O–H groups in total. The van der Waals surface area contributed by atoms with Crippen molar-refractivity contribution in [2.45, 2.75) is 6.42 Å². The fourth-order valence-corrected chi connectivity index (χ4v) is 4.04. The van der Waals surface area contributed by atoms with Crippen LogP contribution < -0.4 is 24.8 Å². The van der Waals surface area contributed by atoms with Gasteiger partial charge in [0, 0.05) is 29.2 Å². The average molecular weight is 500 g/mol. The van der Waals surface area contributed by atoms with Crippen molar-refractivity contribution in [2.24, 2.45) is 0 Å². The molecule has 0 saturated carbocycles. The van der Waals surface area contributed by atoms with Crippen molar-refractivity contribution in [1.82, 2.24) is 15.6 Å². The first-order chi connectivity index (χ1) is 18.0. The number of fused-ring (bicyclic) bond motifs is 1. The van der Waals surface area contributed by atoms with Crippen molar-refractivity contribution >= 4 is 28.8 Å². The van der Waals surface area contributed by atoms with Gasteiger partial charge in [0.1, 0.15) is 5.70 Å². The number of hydrogen-bond donors (Lipinski definition) is 3. The molecule has 4 rings (SSSR count). The number of aromatic nitrogens is 1. The smallest absolute Gasteiger partial charge is 0.267 e. The maximum absolute atomic E-state index is 13.2. The number of ether oxygens (including phenoxy) is 3. The van der Waals surface area contributed by atoms with Gasteiger partial charge in [-0.25, -0.2) is 0 Å². The Morgan fingerprint density at radius 1 is 0.892 bits per heavy atom. The van der Waals surface area contributed by atoms with Crippen LogP contribution in [0.2, 0.25) is 0 Å². The summed E-state index contributed by atoms with van der Waals surface area (Å²) in [4.78, 5) is 29.4. The molecule has 37 heavy (non-hydrogen) atoms. The average Bonchev–Trinajstić information content (AvgIpc) is 3.35. The van der Waals surface area contributed by atoms with Crippen molar-refractivity contribution in [3.05, 3.63) is 95.3 Å². The summed E-state index contributed by atoms with van der Waals surface area (Å²) in [5, 5.41) is 6.78.